The number of nitrogens with zero attached hydrogens (tertiary/aromatic N) is 2. The third-order valence-electron chi connectivity index (χ3n) is 4.75. The Labute approximate surface area is 182 Å². The maximum Gasteiger partial charge on any atom is 0.265 e. The molecule has 2 amide bonds. The van der Waals surface area contributed by atoms with Crippen LogP contribution in [0.5, 0.6) is 0 Å². The Morgan fingerprint density at radius 3 is 2.39 bits per heavy atom. The van der Waals surface area contributed by atoms with Crippen LogP contribution in [0.3, 0.4) is 0 Å². The highest BCUT2D eigenvalue weighted by Crippen LogP contribution is 2.31. The Bertz CT molecular complexity index is 1270. The van der Waals surface area contributed by atoms with Gasteiger partial charge in [-0.2, -0.15) is 5.10 Å². The lowest BCUT2D eigenvalue weighted by Crippen LogP contribution is -2.18. The summed E-state index contributed by atoms with van der Waals surface area (Å²) in [6, 6.07) is 14.9. The number of fused-ring (bicyclic) bond motifs is 1. The van der Waals surface area contributed by atoms with Crippen molar-refractivity contribution in [1.29, 1.82) is 0 Å². The number of anilines is 2. The molecule has 4 aromatic rings. The van der Waals surface area contributed by atoms with Crippen LogP contribution in [0.25, 0.3) is 15.9 Å². The van der Waals surface area contributed by atoms with E-state index in [-0.39, 0.29) is 23.5 Å². The van der Waals surface area contributed by atoms with Gasteiger partial charge in [0.05, 0.1) is 16.3 Å². The van der Waals surface area contributed by atoms with Gasteiger partial charge in [-0.25, -0.2) is 9.07 Å². The van der Waals surface area contributed by atoms with Gasteiger partial charge in [0.25, 0.3) is 5.91 Å². The molecule has 0 spiro atoms. The van der Waals surface area contributed by atoms with Gasteiger partial charge in [-0.1, -0.05) is 19.9 Å². The molecule has 2 heterocycles. The number of nitrogens with one attached hydrogen (secondary N) is 2. The van der Waals surface area contributed by atoms with Crippen LogP contribution < -0.4 is 10.6 Å². The number of rotatable bonds is 5. The number of amides is 2. The van der Waals surface area contributed by atoms with Crippen molar-refractivity contribution in [2.24, 2.45) is 5.92 Å². The number of carbonyl (C=O) groups excluding carboxylic acids is 2. The van der Waals surface area contributed by atoms with E-state index in [1.807, 2.05) is 26.8 Å². The maximum atomic E-state index is 13.3. The van der Waals surface area contributed by atoms with Crippen molar-refractivity contribution in [1.82, 2.24) is 9.78 Å². The summed E-state index contributed by atoms with van der Waals surface area (Å²) in [5.41, 5.74) is 2.71. The Morgan fingerprint density at radius 2 is 1.71 bits per heavy atom. The molecule has 0 radical (unpaired) electrons. The second-order valence-corrected chi connectivity index (χ2v) is 8.51. The highest BCUT2D eigenvalue weighted by molar-refractivity contribution is 7.20. The number of hydrogen-bond donors (Lipinski definition) is 2. The average molecular weight is 437 g/mol. The van der Waals surface area contributed by atoms with E-state index in [0.717, 1.165) is 21.6 Å². The molecule has 4 rings (SSSR count). The molecule has 158 valence electrons. The van der Waals surface area contributed by atoms with Gasteiger partial charge < -0.3 is 10.6 Å². The van der Waals surface area contributed by atoms with E-state index in [1.54, 1.807) is 41.1 Å². The average Bonchev–Trinajstić information content (AvgIpc) is 3.30. The van der Waals surface area contributed by atoms with Gasteiger partial charge in [0, 0.05) is 22.7 Å². The summed E-state index contributed by atoms with van der Waals surface area (Å²) in [4.78, 5) is 26.1. The first-order valence-electron chi connectivity index (χ1n) is 9.79. The second-order valence-electron chi connectivity index (χ2n) is 7.48. The Kier molecular flexibility index (Phi) is 5.56. The summed E-state index contributed by atoms with van der Waals surface area (Å²) < 4.78 is 15.0. The van der Waals surface area contributed by atoms with Crippen LogP contribution in [0.1, 0.15) is 29.2 Å². The molecular weight excluding hydrogens is 415 g/mol. The highest BCUT2D eigenvalue weighted by atomic mass is 32.1. The summed E-state index contributed by atoms with van der Waals surface area (Å²) in [5.74, 6) is -0.796. The minimum atomic E-state index is -0.318. The van der Waals surface area contributed by atoms with Crippen LogP contribution in [0.4, 0.5) is 15.8 Å². The summed E-state index contributed by atoms with van der Waals surface area (Å²) in [6.07, 6.45) is 0. The van der Waals surface area contributed by atoms with Crippen LogP contribution in [-0.4, -0.2) is 21.6 Å². The molecule has 0 aliphatic heterocycles. The predicted molar refractivity (Wildman–Crippen MR) is 122 cm³/mol. The zero-order chi connectivity index (χ0) is 22.1. The quantitative estimate of drug-likeness (QED) is 0.441. The minimum Gasteiger partial charge on any atom is -0.326 e. The Hall–Kier alpha value is -3.52. The van der Waals surface area contributed by atoms with Crippen LogP contribution in [0, 0.1) is 18.7 Å². The SMILES string of the molecule is Cc1nn(-c2ccc(F)cc2)c2sc(C(=O)Nc3cccc(NC(=O)C(C)C)c3)cc12. The first kappa shape index (κ1) is 20.7. The first-order valence-corrected chi connectivity index (χ1v) is 10.6. The fourth-order valence-corrected chi connectivity index (χ4v) is 4.15. The van der Waals surface area contributed by atoms with E-state index < -0.39 is 0 Å². The smallest absolute Gasteiger partial charge is 0.265 e. The zero-order valence-electron chi connectivity index (χ0n) is 17.3. The van der Waals surface area contributed by atoms with E-state index >= 15 is 0 Å². The van der Waals surface area contributed by atoms with Crippen LogP contribution in [0.15, 0.2) is 54.6 Å². The number of aryl methyl sites for hydroxylation is 1. The van der Waals surface area contributed by atoms with E-state index in [0.29, 0.717) is 16.3 Å². The standard InChI is InChI=1S/C23H21FN4O2S/c1-13(2)21(29)25-16-5-4-6-17(11-16)26-22(30)20-12-19-14(3)27-28(23(19)31-20)18-9-7-15(24)8-10-18/h4-13H,1-3H3,(H,25,29)(H,26,30). The van der Waals surface area contributed by atoms with Gasteiger partial charge in [0.1, 0.15) is 10.6 Å². The summed E-state index contributed by atoms with van der Waals surface area (Å²) in [5, 5.41) is 11.1. The molecule has 2 N–H and O–H groups in total. The number of carbonyl (C=O) groups is 2. The molecule has 6 nitrogen and oxygen atoms in total. The van der Waals surface area contributed by atoms with Gasteiger partial charge in [0.15, 0.2) is 0 Å². The summed E-state index contributed by atoms with van der Waals surface area (Å²) in [6.45, 7) is 5.51. The van der Waals surface area contributed by atoms with E-state index in [1.165, 1.54) is 23.5 Å². The fraction of sp³-hybridized carbons (Fsp3) is 0.174. The van der Waals surface area contributed by atoms with Gasteiger partial charge in [-0.05, 0) is 55.5 Å². The summed E-state index contributed by atoms with van der Waals surface area (Å²) in [7, 11) is 0. The van der Waals surface area contributed by atoms with Gasteiger partial charge in [0.2, 0.25) is 5.91 Å². The highest BCUT2D eigenvalue weighted by Gasteiger charge is 2.18. The molecule has 0 bridgehead atoms. The topological polar surface area (TPSA) is 76.0 Å². The van der Waals surface area contributed by atoms with Crippen molar-refractivity contribution < 1.29 is 14.0 Å². The van der Waals surface area contributed by atoms with E-state index in [4.69, 9.17) is 0 Å². The summed E-state index contributed by atoms with van der Waals surface area (Å²) >= 11 is 1.31. The number of aromatic nitrogens is 2. The zero-order valence-corrected chi connectivity index (χ0v) is 18.1. The van der Waals surface area contributed by atoms with Crippen molar-refractivity contribution in [3.63, 3.8) is 0 Å². The van der Waals surface area contributed by atoms with Crippen LogP contribution in [-0.2, 0) is 4.79 Å². The molecule has 31 heavy (non-hydrogen) atoms. The van der Waals surface area contributed by atoms with Crippen LogP contribution in [0.2, 0.25) is 0 Å². The molecule has 0 aliphatic carbocycles. The largest absolute Gasteiger partial charge is 0.326 e. The lowest BCUT2D eigenvalue weighted by atomic mass is 10.2. The lowest BCUT2D eigenvalue weighted by molar-refractivity contribution is -0.118. The van der Waals surface area contributed by atoms with Crippen molar-refractivity contribution in [2.75, 3.05) is 10.6 Å². The molecule has 0 aliphatic rings. The number of hydrogen-bond acceptors (Lipinski definition) is 4. The Morgan fingerprint density at radius 1 is 1.03 bits per heavy atom. The second kappa shape index (κ2) is 8.31. The van der Waals surface area contributed by atoms with Crippen molar-refractivity contribution >= 4 is 44.7 Å². The predicted octanol–water partition coefficient (Wildman–Crippen LogP) is 5.38. The van der Waals surface area contributed by atoms with Crippen molar-refractivity contribution in [3.05, 3.63) is 71.0 Å². The van der Waals surface area contributed by atoms with Gasteiger partial charge in [-0.3, -0.25) is 9.59 Å². The first-order chi connectivity index (χ1) is 14.8. The maximum absolute atomic E-state index is 13.3. The lowest BCUT2D eigenvalue weighted by Gasteiger charge is -2.10. The van der Waals surface area contributed by atoms with E-state index in [2.05, 4.69) is 15.7 Å². The number of thiophene rings is 1. The molecule has 2 aromatic carbocycles. The molecule has 0 saturated carbocycles. The third kappa shape index (κ3) is 4.34. The molecule has 8 heteroatoms. The molecule has 0 fully saturated rings. The number of benzene rings is 2. The van der Waals surface area contributed by atoms with Gasteiger partial charge in [-0.15, -0.1) is 11.3 Å². The van der Waals surface area contributed by atoms with Crippen LogP contribution >= 0.6 is 11.3 Å². The van der Waals surface area contributed by atoms with Gasteiger partial charge >= 0.3 is 0 Å². The monoisotopic (exact) mass is 436 g/mol. The fourth-order valence-electron chi connectivity index (χ4n) is 3.07. The number of halogens is 1. The normalized spacial score (nSPS) is 11.1. The van der Waals surface area contributed by atoms with Crippen molar-refractivity contribution in [2.45, 2.75) is 20.8 Å². The molecule has 0 saturated heterocycles. The van der Waals surface area contributed by atoms with E-state index in [9.17, 15) is 14.0 Å². The third-order valence-corrected chi connectivity index (χ3v) is 5.86. The molecule has 0 unspecified atom stereocenters. The van der Waals surface area contributed by atoms with Crippen molar-refractivity contribution in [3.8, 4) is 5.69 Å². The Balaban J connectivity index is 1.58. The molecule has 0 atom stereocenters. The minimum absolute atomic E-state index is 0.0891. The molecular formula is C23H21FN4O2S. The molecule has 2 aromatic heterocycles.